The summed E-state index contributed by atoms with van der Waals surface area (Å²) < 4.78 is 40.9. The van der Waals surface area contributed by atoms with Gasteiger partial charge in [-0.15, -0.1) is 0 Å². The van der Waals surface area contributed by atoms with Gasteiger partial charge in [-0.3, -0.25) is 0 Å². The van der Waals surface area contributed by atoms with E-state index >= 15 is 0 Å². The maximum atomic E-state index is 12.1. The molecule has 0 aromatic carbocycles. The summed E-state index contributed by atoms with van der Waals surface area (Å²) in [6.45, 7) is 0. The molecule has 0 aliphatic rings. The fourth-order valence-corrected chi connectivity index (χ4v) is 0.909. The van der Waals surface area contributed by atoms with E-state index in [0.717, 1.165) is 12.5 Å². The first-order chi connectivity index (χ1) is 6.07. The summed E-state index contributed by atoms with van der Waals surface area (Å²) in [5.41, 5.74) is -0.764. The molecule has 3 nitrogen and oxygen atoms in total. The normalized spacial score (nSPS) is 12.2. The Morgan fingerprint density at radius 1 is 1.23 bits per heavy atom. The van der Waals surface area contributed by atoms with Crippen molar-refractivity contribution in [2.45, 2.75) is 6.18 Å². The second-order valence-electron chi connectivity index (χ2n) is 2.37. The predicted octanol–water partition coefficient (Wildman–Crippen LogP) is 2.24. The number of halogens is 3. The van der Waals surface area contributed by atoms with Crippen LogP contribution in [-0.4, -0.2) is 9.97 Å². The molecular formula is C7H3F3N2O. The molecule has 0 N–H and O–H groups in total. The van der Waals surface area contributed by atoms with Crippen molar-refractivity contribution in [3.63, 3.8) is 0 Å². The number of oxazole rings is 1. The first-order valence-corrected chi connectivity index (χ1v) is 3.35. The van der Waals surface area contributed by atoms with Gasteiger partial charge >= 0.3 is 6.18 Å². The Kier molecular flexibility index (Phi) is 1.51. The minimum Gasteiger partial charge on any atom is -0.425 e. The molecule has 0 aliphatic heterocycles. The van der Waals surface area contributed by atoms with Crippen LogP contribution in [0.1, 0.15) is 5.69 Å². The van der Waals surface area contributed by atoms with Crippen molar-refractivity contribution in [1.29, 1.82) is 0 Å². The molecule has 0 radical (unpaired) electrons. The summed E-state index contributed by atoms with van der Waals surface area (Å²) in [5, 5.41) is 0. The van der Waals surface area contributed by atoms with Crippen molar-refractivity contribution in [2.75, 3.05) is 0 Å². The van der Waals surface area contributed by atoms with Crippen LogP contribution in [0.15, 0.2) is 22.9 Å². The summed E-state index contributed by atoms with van der Waals surface area (Å²) in [6, 6.07) is 2.08. The Balaban J connectivity index is 2.61. The van der Waals surface area contributed by atoms with Crippen molar-refractivity contribution >= 4 is 11.2 Å². The van der Waals surface area contributed by atoms with Gasteiger partial charge in [0, 0.05) is 0 Å². The summed E-state index contributed by atoms with van der Waals surface area (Å²) >= 11 is 0. The van der Waals surface area contributed by atoms with Crippen LogP contribution in [0.25, 0.3) is 11.2 Å². The molecular weight excluding hydrogens is 185 g/mol. The number of pyridine rings is 1. The zero-order valence-electron chi connectivity index (χ0n) is 6.17. The molecule has 2 rings (SSSR count). The Labute approximate surface area is 70.2 Å². The Morgan fingerprint density at radius 2 is 2.00 bits per heavy atom. The third-order valence-electron chi connectivity index (χ3n) is 1.49. The fourth-order valence-electron chi connectivity index (χ4n) is 0.909. The third kappa shape index (κ3) is 1.34. The van der Waals surface area contributed by atoms with Crippen LogP contribution >= 0.6 is 0 Å². The maximum absolute atomic E-state index is 12.1. The lowest BCUT2D eigenvalue weighted by atomic mass is 10.3. The van der Waals surface area contributed by atoms with Gasteiger partial charge in [-0.2, -0.15) is 13.2 Å². The molecule has 0 saturated carbocycles. The van der Waals surface area contributed by atoms with Crippen molar-refractivity contribution in [3.8, 4) is 0 Å². The first-order valence-electron chi connectivity index (χ1n) is 3.35. The highest BCUT2D eigenvalue weighted by Gasteiger charge is 2.32. The third-order valence-corrected chi connectivity index (χ3v) is 1.49. The average molecular weight is 188 g/mol. The largest absolute Gasteiger partial charge is 0.433 e. The van der Waals surface area contributed by atoms with Gasteiger partial charge in [0.2, 0.25) is 5.71 Å². The van der Waals surface area contributed by atoms with E-state index in [2.05, 4.69) is 14.4 Å². The average Bonchev–Trinajstić information content (AvgIpc) is 2.47. The van der Waals surface area contributed by atoms with Crippen molar-refractivity contribution in [3.05, 3.63) is 24.2 Å². The highest BCUT2D eigenvalue weighted by molar-refractivity contribution is 5.67. The first kappa shape index (κ1) is 8.03. The van der Waals surface area contributed by atoms with E-state index in [-0.39, 0.29) is 5.71 Å². The SMILES string of the molecule is FC(F)(F)c1ccc2ncoc2n1. The number of rotatable bonds is 0. The molecule has 0 aliphatic carbocycles. The molecule has 2 aromatic rings. The minimum atomic E-state index is -4.44. The molecule has 2 aromatic heterocycles. The second kappa shape index (κ2) is 2.45. The molecule has 0 bridgehead atoms. The molecule has 0 spiro atoms. The van der Waals surface area contributed by atoms with Crippen LogP contribution in [0.5, 0.6) is 0 Å². The lowest BCUT2D eigenvalue weighted by Gasteiger charge is -2.03. The van der Waals surface area contributed by atoms with E-state index in [0.29, 0.717) is 5.52 Å². The lowest BCUT2D eigenvalue weighted by Crippen LogP contribution is -2.07. The zero-order chi connectivity index (χ0) is 9.47. The predicted molar refractivity (Wildman–Crippen MR) is 36.8 cm³/mol. The second-order valence-corrected chi connectivity index (χ2v) is 2.37. The fraction of sp³-hybridized carbons (Fsp3) is 0.143. The van der Waals surface area contributed by atoms with Gasteiger partial charge < -0.3 is 4.42 Å². The van der Waals surface area contributed by atoms with Gasteiger partial charge in [-0.1, -0.05) is 0 Å². The number of fused-ring (bicyclic) bond motifs is 1. The van der Waals surface area contributed by atoms with Crippen molar-refractivity contribution < 1.29 is 17.6 Å². The molecule has 0 saturated heterocycles. The molecule has 68 valence electrons. The molecule has 0 fully saturated rings. The molecule has 13 heavy (non-hydrogen) atoms. The number of hydrogen-bond acceptors (Lipinski definition) is 3. The number of alkyl halides is 3. The van der Waals surface area contributed by atoms with Gasteiger partial charge in [0.1, 0.15) is 11.2 Å². The van der Waals surface area contributed by atoms with E-state index in [9.17, 15) is 13.2 Å². The summed E-state index contributed by atoms with van der Waals surface area (Å²) in [7, 11) is 0. The number of hydrogen-bond donors (Lipinski definition) is 0. The number of aromatic nitrogens is 2. The van der Waals surface area contributed by atoms with E-state index in [4.69, 9.17) is 0 Å². The van der Waals surface area contributed by atoms with E-state index in [1.54, 1.807) is 0 Å². The van der Waals surface area contributed by atoms with E-state index in [1.807, 2.05) is 0 Å². The highest BCUT2D eigenvalue weighted by Crippen LogP contribution is 2.28. The van der Waals surface area contributed by atoms with E-state index < -0.39 is 11.9 Å². The Bertz CT molecular complexity index is 434. The molecule has 0 amide bonds. The monoisotopic (exact) mass is 188 g/mol. The summed E-state index contributed by atoms with van der Waals surface area (Å²) in [6.07, 6.45) is -3.39. The summed E-state index contributed by atoms with van der Waals surface area (Å²) in [5.74, 6) is 0. The van der Waals surface area contributed by atoms with Crippen molar-refractivity contribution in [2.24, 2.45) is 0 Å². The smallest absolute Gasteiger partial charge is 0.425 e. The van der Waals surface area contributed by atoms with Gasteiger partial charge in [-0.25, -0.2) is 9.97 Å². The van der Waals surface area contributed by atoms with Crippen LogP contribution in [0, 0.1) is 0 Å². The Morgan fingerprint density at radius 3 is 2.69 bits per heavy atom. The standard InChI is InChI=1S/C7H3F3N2O/c8-7(9,10)5-2-1-4-6(12-5)13-3-11-4/h1-3H. The molecule has 2 heterocycles. The summed E-state index contributed by atoms with van der Waals surface area (Å²) in [4.78, 5) is 6.90. The topological polar surface area (TPSA) is 38.9 Å². The molecule has 0 unspecified atom stereocenters. The maximum Gasteiger partial charge on any atom is 0.433 e. The highest BCUT2D eigenvalue weighted by atomic mass is 19.4. The van der Waals surface area contributed by atoms with Gasteiger partial charge in [0.15, 0.2) is 6.39 Å². The van der Waals surface area contributed by atoms with E-state index in [1.165, 1.54) is 6.07 Å². The van der Waals surface area contributed by atoms with Gasteiger partial charge in [-0.05, 0) is 12.1 Å². The quantitative estimate of drug-likeness (QED) is 0.636. The van der Waals surface area contributed by atoms with Gasteiger partial charge in [0.25, 0.3) is 0 Å². The lowest BCUT2D eigenvalue weighted by molar-refractivity contribution is -0.141. The van der Waals surface area contributed by atoms with Gasteiger partial charge in [0.05, 0.1) is 0 Å². The minimum absolute atomic E-state index is 0.102. The van der Waals surface area contributed by atoms with Crippen LogP contribution in [0.4, 0.5) is 13.2 Å². The van der Waals surface area contributed by atoms with Crippen LogP contribution in [-0.2, 0) is 6.18 Å². The van der Waals surface area contributed by atoms with Crippen LogP contribution in [0.2, 0.25) is 0 Å². The van der Waals surface area contributed by atoms with Crippen LogP contribution in [0.3, 0.4) is 0 Å². The zero-order valence-corrected chi connectivity index (χ0v) is 6.17. The molecule has 0 atom stereocenters. The van der Waals surface area contributed by atoms with Crippen molar-refractivity contribution in [1.82, 2.24) is 9.97 Å². The Hall–Kier alpha value is -1.59. The number of nitrogens with zero attached hydrogens (tertiary/aromatic N) is 2. The molecule has 6 heteroatoms. The van der Waals surface area contributed by atoms with Crippen LogP contribution < -0.4 is 0 Å².